The first kappa shape index (κ1) is 102. The molecule has 37 heteroatoms. The predicted molar refractivity (Wildman–Crippen MR) is 500 cm³/mol. The lowest BCUT2D eigenvalue weighted by molar-refractivity contribution is 0.228. The number of aromatic nitrogens is 12. The summed E-state index contributed by atoms with van der Waals surface area (Å²) in [6.07, 6.45) is 20.3. The number of H-pyrrole nitrogens is 6. The van der Waals surface area contributed by atoms with Crippen molar-refractivity contribution in [2.45, 2.75) is 229 Å². The molecule has 0 amide bonds. The number of unbranched alkanes of at least 4 members (excludes halogenated alkanes) is 4. The lowest BCUT2D eigenvalue weighted by Crippen LogP contribution is -2.15. The normalized spacial score (nSPS) is 11.9. The quantitative estimate of drug-likeness (QED) is 0.0248. The number of nitrogens with one attached hydrogen (secondary N) is 6. The van der Waals surface area contributed by atoms with E-state index in [0.717, 1.165) is 89.9 Å². The van der Waals surface area contributed by atoms with Gasteiger partial charge in [-0.05, 0) is 130 Å². The molecule has 37 nitrogen and oxygen atoms in total. The van der Waals surface area contributed by atoms with Crippen molar-refractivity contribution in [2.75, 3.05) is 39.6 Å². The summed E-state index contributed by atoms with van der Waals surface area (Å²) in [5, 5.41) is 11.1. The molecule has 0 aromatic carbocycles. The Balaban J connectivity index is 0.000000181. The van der Waals surface area contributed by atoms with Crippen LogP contribution >= 0.6 is 0 Å². The SMILES string of the molecule is CCC#CCOc1nc2oc(=O)cc(CC)c2c(=O)[nH]1.CCC#CCOc1nc2oc(=O)cc(CCCC)c2c(=O)[nH]1.CCCC#CCOc1nc2oc(=O)cc(CC)c2c(=O)[nH]1.CCCCc1cc(=O)oc2nc(OCC#CC(O)CC)[nH]c(=O)c12.CCCCc1cc(=O)oc2nc(OCC#CC3CC3)[nH]c(=O)c12.CCc1cc(=O)oc2nc(OCC#CC3CCCCC3)[nH]c(=O)c12. The van der Waals surface area contributed by atoms with E-state index in [-0.39, 0.29) is 148 Å². The fraction of sp³-hybridized carbons (Fsp3) is 0.443. The lowest BCUT2D eigenvalue weighted by atomic mass is 9.90. The van der Waals surface area contributed by atoms with E-state index >= 15 is 0 Å². The number of aryl methyl sites for hydroxylation is 6. The number of aliphatic hydroxyl groups excluding tert-OH is 1. The van der Waals surface area contributed by atoms with E-state index in [4.69, 9.17) is 54.9 Å². The largest absolute Gasteiger partial charge is 0.451 e. The monoisotopic (exact) mass is 1840 g/mol. The molecule has 12 aromatic heterocycles. The van der Waals surface area contributed by atoms with Gasteiger partial charge in [-0.25, -0.2) is 28.8 Å². The minimum Gasteiger partial charge on any atom is -0.451 e. The molecule has 12 aromatic rings. The van der Waals surface area contributed by atoms with Crippen molar-refractivity contribution in [3.05, 3.63) is 194 Å². The fourth-order valence-corrected chi connectivity index (χ4v) is 13.1. The maximum absolute atomic E-state index is 12.3. The number of rotatable bonds is 26. The second-order valence-corrected chi connectivity index (χ2v) is 30.0. The first-order valence-electron chi connectivity index (χ1n) is 44.5. The van der Waals surface area contributed by atoms with Crippen LogP contribution in [-0.2, 0) is 38.5 Å². The zero-order valence-corrected chi connectivity index (χ0v) is 76.3. The summed E-state index contributed by atoms with van der Waals surface area (Å²) in [5.41, 5.74) is -1.84. The molecule has 12 heterocycles. The van der Waals surface area contributed by atoms with Crippen molar-refractivity contribution in [1.82, 2.24) is 59.8 Å². The molecule has 0 radical (unpaired) electrons. The highest BCUT2D eigenvalue weighted by atomic mass is 16.5. The van der Waals surface area contributed by atoms with E-state index in [0.29, 0.717) is 101 Å². The third kappa shape index (κ3) is 31.2. The molecule has 2 aliphatic rings. The van der Waals surface area contributed by atoms with Crippen molar-refractivity contribution in [3.63, 3.8) is 0 Å². The van der Waals surface area contributed by atoms with Crippen molar-refractivity contribution < 1.29 is 60.0 Å². The molecule has 134 heavy (non-hydrogen) atoms. The van der Waals surface area contributed by atoms with Gasteiger partial charge < -0.3 is 60.0 Å². The Kier molecular flexibility index (Phi) is 40.6. The van der Waals surface area contributed by atoms with Gasteiger partial charge >= 0.3 is 69.8 Å². The Morgan fingerprint density at radius 2 is 0.575 bits per heavy atom. The van der Waals surface area contributed by atoms with Crippen LogP contribution in [0, 0.1) is 82.9 Å². The highest BCUT2D eigenvalue weighted by Crippen LogP contribution is 2.28. The minimum absolute atomic E-state index is 0.000744. The molecule has 2 aliphatic carbocycles. The first-order chi connectivity index (χ1) is 64.8. The van der Waals surface area contributed by atoms with E-state index in [1.165, 1.54) is 55.7 Å². The Morgan fingerprint density at radius 3 is 0.828 bits per heavy atom. The summed E-state index contributed by atoms with van der Waals surface area (Å²) in [4.78, 5) is 182. The number of aliphatic hydroxyl groups is 1. The Morgan fingerprint density at radius 1 is 0.321 bits per heavy atom. The van der Waals surface area contributed by atoms with Crippen LogP contribution in [0.1, 0.15) is 218 Å². The zero-order valence-electron chi connectivity index (χ0n) is 76.3. The molecule has 14 rings (SSSR count). The lowest BCUT2D eigenvalue weighted by Gasteiger charge is -2.15. The summed E-state index contributed by atoms with van der Waals surface area (Å²) in [6.45, 7) is 19.9. The highest BCUT2D eigenvalue weighted by Gasteiger charge is 2.22. The van der Waals surface area contributed by atoms with Crippen molar-refractivity contribution >= 4 is 66.6 Å². The molecule has 0 aliphatic heterocycles. The third-order valence-electron chi connectivity index (χ3n) is 19.8. The van der Waals surface area contributed by atoms with Gasteiger partial charge in [-0.3, -0.25) is 58.7 Å². The average molecular weight is 1840 g/mol. The van der Waals surface area contributed by atoms with E-state index in [2.05, 4.69) is 131 Å². The van der Waals surface area contributed by atoms with Crippen LogP contribution < -0.4 is 95.5 Å². The first-order valence-corrected chi connectivity index (χ1v) is 44.5. The summed E-state index contributed by atoms with van der Waals surface area (Å²) >= 11 is 0. The van der Waals surface area contributed by atoms with Crippen LogP contribution in [0.3, 0.4) is 0 Å². The van der Waals surface area contributed by atoms with Crippen molar-refractivity contribution in [2.24, 2.45) is 11.8 Å². The average Bonchev–Trinajstić information content (AvgIpc) is 1.13. The van der Waals surface area contributed by atoms with Crippen LogP contribution in [0.4, 0.5) is 0 Å². The summed E-state index contributed by atoms with van der Waals surface area (Å²) in [6, 6.07) is 7.88. The standard InChI is InChI=1S/C18H20N2O4.C17H20N2O5.C17H18N2O4.C16H18N2O4.C15H16N2O4.C14H14N2O4/c1-2-13-11-14(21)24-17-15(13)16(22)19-18(20-17)23-10-6-9-12-7-4-3-5-8-12;1-3-5-7-11-10-13(21)24-16-14(11)15(22)18-17(19-16)23-9-6-8-12(20)4-2;1-2-3-6-12-10-13(20)23-16-14(12)15(21)18-17(19-16)22-9-4-5-11-7-8-11;1-3-5-7-9-21-16-17-14(20)13-11(8-6-4-2)10-12(19)22-15(13)18-16;1-3-5-6-7-8-20-15-16-13(19)12-10(4-2)9-11(18)21-14(12)17-15;1-3-5-6-7-19-14-15-12(18)11-9(4-2)8-10(17)20-13(11)16-14/h11-12H,2-5,7-8,10H2,1H3,(H,19,20,22);10,12,20H,3-5,7,9H2,1-2H3,(H,18,19,22);10-11H,2-3,6-9H2,1H3,(H,18,19,21);10H,3-4,6,8-9H2,1-2H3,(H,17,18,20);9H,3-5,8H2,1-2H3,(H,16,17,19);8H,3-4,7H2,1-2H3,(H,15,16,18). The summed E-state index contributed by atoms with van der Waals surface area (Å²) in [7, 11) is 0. The van der Waals surface area contributed by atoms with E-state index in [9.17, 15) is 62.6 Å². The number of nitrogens with zero attached hydrogens (tertiary/aromatic N) is 6. The molecule has 1 unspecified atom stereocenters. The Bertz CT molecular complexity index is 7310. The smallest absolute Gasteiger partial charge is 0.337 e. The molecule has 1 atom stereocenters. The van der Waals surface area contributed by atoms with Gasteiger partial charge in [0.15, 0.2) is 39.6 Å². The van der Waals surface area contributed by atoms with Crippen LogP contribution in [-0.4, -0.2) is 111 Å². The molecule has 0 saturated heterocycles. The number of hydrogen-bond acceptors (Lipinski definition) is 31. The van der Waals surface area contributed by atoms with E-state index in [1.807, 2.05) is 62.3 Å². The second kappa shape index (κ2) is 53.1. The number of ether oxygens (including phenoxy) is 6. The molecule has 704 valence electrons. The molecule has 0 bridgehead atoms. The minimum atomic E-state index is -0.712. The molecular formula is C97H106N12O25. The summed E-state index contributed by atoms with van der Waals surface area (Å²) < 4.78 is 61.7. The van der Waals surface area contributed by atoms with Crippen LogP contribution in [0.5, 0.6) is 36.1 Å². The molecule has 7 N–H and O–H groups in total. The van der Waals surface area contributed by atoms with Gasteiger partial charge in [0.2, 0.25) is 34.3 Å². The van der Waals surface area contributed by atoms with Gasteiger partial charge in [0.05, 0.1) is 0 Å². The highest BCUT2D eigenvalue weighted by molar-refractivity contribution is 5.80. The van der Waals surface area contributed by atoms with Crippen LogP contribution in [0.15, 0.2) is 120 Å². The zero-order chi connectivity index (χ0) is 96.4. The van der Waals surface area contributed by atoms with Crippen molar-refractivity contribution in [1.29, 1.82) is 0 Å². The number of hydrogen-bond donors (Lipinski definition) is 7. The molecule has 2 saturated carbocycles. The van der Waals surface area contributed by atoms with Gasteiger partial charge in [0.1, 0.15) is 38.4 Å². The van der Waals surface area contributed by atoms with Gasteiger partial charge in [0, 0.05) is 67.5 Å². The van der Waals surface area contributed by atoms with Gasteiger partial charge in [0.25, 0.3) is 33.4 Å². The van der Waals surface area contributed by atoms with E-state index in [1.54, 1.807) is 6.92 Å². The molecule has 0 spiro atoms. The fourth-order valence-electron chi connectivity index (χ4n) is 13.1. The Hall–Kier alpha value is -15.3. The number of fused-ring (bicyclic) bond motifs is 6. The maximum Gasteiger partial charge on any atom is 0.337 e. The van der Waals surface area contributed by atoms with Crippen LogP contribution in [0.25, 0.3) is 66.6 Å². The van der Waals surface area contributed by atoms with E-state index < -0.39 is 56.5 Å². The van der Waals surface area contributed by atoms with Crippen molar-refractivity contribution in [3.8, 4) is 107 Å². The number of aromatic amines is 6. The van der Waals surface area contributed by atoms with Gasteiger partial charge in [-0.15, -0.1) is 11.8 Å². The van der Waals surface area contributed by atoms with Crippen LogP contribution in [0.2, 0.25) is 0 Å². The third-order valence-corrected chi connectivity index (χ3v) is 19.8. The van der Waals surface area contributed by atoms with Gasteiger partial charge in [-0.1, -0.05) is 167 Å². The maximum atomic E-state index is 12.3. The predicted octanol–water partition coefficient (Wildman–Crippen LogP) is 10.6. The molecule has 2 fully saturated rings. The topological polar surface area (TPSA) is 531 Å². The Labute approximate surface area is 765 Å². The molecular weight excluding hydrogens is 1730 g/mol. The summed E-state index contributed by atoms with van der Waals surface area (Å²) in [5.74, 6) is 35.2. The second-order valence-electron chi connectivity index (χ2n) is 30.0. The van der Waals surface area contributed by atoms with Gasteiger partial charge in [-0.2, -0.15) is 29.9 Å².